The molecular formula is C10H9NO3S. The molecule has 0 saturated heterocycles. The Balaban J connectivity index is 3.21. The van der Waals surface area contributed by atoms with Crippen molar-refractivity contribution in [1.82, 2.24) is 0 Å². The molecule has 0 aliphatic rings. The average Bonchev–Trinajstić information content (AvgIpc) is 2.27. The lowest BCUT2D eigenvalue weighted by molar-refractivity contribution is 0.0693. The van der Waals surface area contributed by atoms with E-state index in [1.807, 2.05) is 6.07 Å². The van der Waals surface area contributed by atoms with E-state index < -0.39 is 22.0 Å². The Morgan fingerprint density at radius 3 is 2.67 bits per heavy atom. The lowest BCUT2D eigenvalue weighted by atomic mass is 10.2. The van der Waals surface area contributed by atoms with E-state index in [1.54, 1.807) is 12.1 Å². The van der Waals surface area contributed by atoms with Gasteiger partial charge in [0.1, 0.15) is 5.25 Å². The number of hydrogen-bond acceptors (Lipinski definition) is 3. The van der Waals surface area contributed by atoms with Gasteiger partial charge in [0.05, 0.1) is 27.3 Å². The topological polar surface area (TPSA) is 78.2 Å². The predicted molar refractivity (Wildman–Crippen MR) is 54.9 cm³/mol. The Morgan fingerprint density at radius 1 is 1.53 bits per heavy atom. The van der Waals surface area contributed by atoms with Gasteiger partial charge in [0.25, 0.3) is 0 Å². The summed E-state index contributed by atoms with van der Waals surface area (Å²) in [4.78, 5) is 11.0. The number of carbonyl (C=O) groups is 1. The molecule has 1 N–H and O–H groups in total. The van der Waals surface area contributed by atoms with Crippen LogP contribution >= 0.6 is 0 Å². The Hall–Kier alpha value is -1.67. The van der Waals surface area contributed by atoms with Crippen molar-refractivity contribution in [2.24, 2.45) is 0 Å². The quantitative estimate of drug-likeness (QED) is 0.840. The van der Waals surface area contributed by atoms with Gasteiger partial charge in [-0.25, -0.2) is 4.79 Å². The van der Waals surface area contributed by atoms with Crippen molar-refractivity contribution in [1.29, 1.82) is 5.26 Å². The van der Waals surface area contributed by atoms with Crippen LogP contribution in [-0.2, 0) is 10.8 Å². The van der Waals surface area contributed by atoms with Gasteiger partial charge < -0.3 is 5.11 Å². The smallest absolute Gasteiger partial charge is 0.336 e. The Labute approximate surface area is 89.6 Å². The van der Waals surface area contributed by atoms with Gasteiger partial charge in [-0.1, -0.05) is 12.1 Å². The normalized spacial score (nSPS) is 13.9. The van der Waals surface area contributed by atoms with Crippen LogP contribution in [-0.4, -0.2) is 20.5 Å². The van der Waals surface area contributed by atoms with Crippen LogP contribution < -0.4 is 0 Å². The lowest BCUT2D eigenvalue weighted by Gasteiger charge is -2.06. The molecule has 15 heavy (non-hydrogen) atoms. The molecular weight excluding hydrogens is 214 g/mol. The van der Waals surface area contributed by atoms with E-state index in [4.69, 9.17) is 10.4 Å². The first-order chi connectivity index (χ1) is 7.07. The molecule has 0 fully saturated rings. The second-order valence-electron chi connectivity index (χ2n) is 2.87. The molecule has 0 saturated carbocycles. The van der Waals surface area contributed by atoms with E-state index in [9.17, 15) is 9.00 Å². The van der Waals surface area contributed by atoms with Crippen LogP contribution in [0, 0.1) is 11.3 Å². The van der Waals surface area contributed by atoms with Crippen molar-refractivity contribution in [2.45, 2.75) is 17.1 Å². The molecule has 5 heteroatoms. The SMILES string of the molecule is CC(C#N)S(=O)c1ccccc1C(=O)O. The van der Waals surface area contributed by atoms with E-state index >= 15 is 0 Å². The molecule has 0 aromatic heterocycles. The third kappa shape index (κ3) is 2.42. The molecule has 0 radical (unpaired) electrons. The number of hydrogen-bond donors (Lipinski definition) is 1. The molecule has 0 aliphatic carbocycles. The van der Waals surface area contributed by atoms with Crippen molar-refractivity contribution < 1.29 is 14.1 Å². The predicted octanol–water partition coefficient (Wildman–Crippen LogP) is 1.40. The summed E-state index contributed by atoms with van der Waals surface area (Å²) in [5, 5.41) is 16.7. The van der Waals surface area contributed by atoms with Gasteiger partial charge in [-0.15, -0.1) is 0 Å². The number of nitriles is 1. The van der Waals surface area contributed by atoms with Crippen LogP contribution in [0.25, 0.3) is 0 Å². The standard InChI is InChI=1S/C10H9NO3S/c1-7(6-11)15(14)9-5-3-2-4-8(9)10(12)13/h2-5,7H,1H3,(H,12,13). The molecule has 1 aromatic carbocycles. The van der Waals surface area contributed by atoms with E-state index in [1.165, 1.54) is 19.1 Å². The summed E-state index contributed by atoms with van der Waals surface area (Å²) in [7, 11) is -1.60. The summed E-state index contributed by atoms with van der Waals surface area (Å²) in [6, 6.07) is 7.83. The second-order valence-corrected chi connectivity index (χ2v) is 4.61. The van der Waals surface area contributed by atoms with E-state index in [0.29, 0.717) is 0 Å². The summed E-state index contributed by atoms with van der Waals surface area (Å²) in [6.45, 7) is 1.49. The highest BCUT2D eigenvalue weighted by atomic mass is 32.2. The van der Waals surface area contributed by atoms with E-state index in [2.05, 4.69) is 0 Å². The molecule has 2 atom stereocenters. The maximum atomic E-state index is 11.7. The average molecular weight is 223 g/mol. The van der Waals surface area contributed by atoms with E-state index in [0.717, 1.165) is 0 Å². The van der Waals surface area contributed by atoms with E-state index in [-0.39, 0.29) is 10.5 Å². The fraction of sp³-hybridized carbons (Fsp3) is 0.200. The minimum absolute atomic E-state index is 0.0158. The number of nitrogens with zero attached hydrogens (tertiary/aromatic N) is 1. The Bertz CT molecular complexity index is 450. The highest BCUT2D eigenvalue weighted by Gasteiger charge is 2.18. The number of benzene rings is 1. The molecule has 0 amide bonds. The van der Waals surface area contributed by atoms with Crippen molar-refractivity contribution in [3.8, 4) is 6.07 Å². The fourth-order valence-corrected chi connectivity index (χ4v) is 2.12. The summed E-state index contributed by atoms with van der Waals surface area (Å²) in [5.74, 6) is -1.14. The van der Waals surface area contributed by atoms with Gasteiger partial charge in [-0.05, 0) is 19.1 Å². The van der Waals surface area contributed by atoms with Gasteiger partial charge >= 0.3 is 5.97 Å². The van der Waals surface area contributed by atoms with Gasteiger partial charge in [-0.2, -0.15) is 5.26 Å². The minimum atomic E-state index is -1.60. The highest BCUT2D eigenvalue weighted by molar-refractivity contribution is 7.86. The molecule has 0 aliphatic heterocycles. The minimum Gasteiger partial charge on any atom is -0.478 e. The maximum absolute atomic E-state index is 11.7. The Morgan fingerprint density at radius 2 is 2.13 bits per heavy atom. The summed E-state index contributed by atoms with van der Waals surface area (Å²) in [5.41, 5.74) is -0.0158. The van der Waals surface area contributed by atoms with Crippen LogP contribution in [0.2, 0.25) is 0 Å². The highest BCUT2D eigenvalue weighted by Crippen LogP contribution is 2.16. The summed E-state index contributed by atoms with van der Waals surface area (Å²) >= 11 is 0. The van der Waals surface area contributed by atoms with Gasteiger partial charge in [0.15, 0.2) is 0 Å². The number of rotatable bonds is 3. The number of aromatic carboxylic acids is 1. The maximum Gasteiger partial charge on any atom is 0.336 e. The zero-order valence-electron chi connectivity index (χ0n) is 8.01. The first-order valence-electron chi connectivity index (χ1n) is 4.20. The third-order valence-corrected chi connectivity index (χ3v) is 3.37. The summed E-state index contributed by atoms with van der Waals surface area (Å²) < 4.78 is 11.7. The molecule has 0 heterocycles. The zero-order valence-corrected chi connectivity index (χ0v) is 8.82. The molecule has 2 unspecified atom stereocenters. The van der Waals surface area contributed by atoms with Crippen LogP contribution in [0.3, 0.4) is 0 Å². The van der Waals surface area contributed by atoms with Crippen molar-refractivity contribution in [3.05, 3.63) is 29.8 Å². The van der Waals surface area contributed by atoms with Crippen LogP contribution in [0.15, 0.2) is 29.2 Å². The first-order valence-corrected chi connectivity index (χ1v) is 5.41. The fourth-order valence-electron chi connectivity index (χ4n) is 1.06. The Kier molecular flexibility index (Phi) is 3.58. The summed E-state index contributed by atoms with van der Waals surface area (Å²) in [6.07, 6.45) is 0. The zero-order chi connectivity index (χ0) is 11.4. The van der Waals surface area contributed by atoms with Crippen molar-refractivity contribution in [2.75, 3.05) is 0 Å². The number of carboxylic acid groups (broad SMARTS) is 1. The third-order valence-electron chi connectivity index (χ3n) is 1.84. The second kappa shape index (κ2) is 4.71. The largest absolute Gasteiger partial charge is 0.478 e. The molecule has 78 valence electrons. The van der Waals surface area contributed by atoms with Crippen LogP contribution in [0.4, 0.5) is 0 Å². The van der Waals surface area contributed by atoms with Crippen molar-refractivity contribution >= 4 is 16.8 Å². The lowest BCUT2D eigenvalue weighted by Crippen LogP contribution is -2.12. The molecule has 0 bridgehead atoms. The van der Waals surface area contributed by atoms with Crippen molar-refractivity contribution in [3.63, 3.8) is 0 Å². The first kappa shape index (κ1) is 11.4. The molecule has 4 nitrogen and oxygen atoms in total. The number of carboxylic acids is 1. The molecule has 1 aromatic rings. The van der Waals surface area contributed by atoms with Gasteiger partial charge in [0, 0.05) is 0 Å². The van der Waals surface area contributed by atoms with Crippen LogP contribution in [0.5, 0.6) is 0 Å². The van der Waals surface area contributed by atoms with Gasteiger partial charge in [0.2, 0.25) is 0 Å². The monoisotopic (exact) mass is 223 g/mol. The molecule has 1 rings (SSSR count). The molecule has 0 spiro atoms. The van der Waals surface area contributed by atoms with Crippen LogP contribution in [0.1, 0.15) is 17.3 Å². The van der Waals surface area contributed by atoms with Gasteiger partial charge in [-0.3, -0.25) is 4.21 Å².